The Morgan fingerprint density at radius 1 is 1.17 bits per heavy atom. The van der Waals surface area contributed by atoms with Crippen molar-refractivity contribution in [3.8, 4) is 6.01 Å². The Balaban J connectivity index is 1.67. The van der Waals surface area contributed by atoms with Gasteiger partial charge < -0.3 is 14.8 Å². The maximum absolute atomic E-state index is 11.9. The molecule has 0 bridgehead atoms. The Bertz CT molecular complexity index is 794. The molecule has 0 unspecified atom stereocenters. The first-order valence-corrected chi connectivity index (χ1v) is 10.4. The van der Waals surface area contributed by atoms with Gasteiger partial charge in [0.05, 0.1) is 25.0 Å². The van der Waals surface area contributed by atoms with Crippen molar-refractivity contribution in [2.24, 2.45) is 0 Å². The van der Waals surface area contributed by atoms with Crippen LogP contribution in [-0.2, 0) is 22.6 Å². The summed E-state index contributed by atoms with van der Waals surface area (Å²) in [7, 11) is 3.43. The highest BCUT2D eigenvalue weighted by Crippen LogP contribution is 2.25. The third-order valence-electron chi connectivity index (χ3n) is 5.12. The number of hydrogen-bond acceptors (Lipinski definition) is 7. The van der Waals surface area contributed by atoms with Gasteiger partial charge in [-0.15, -0.1) is 0 Å². The van der Waals surface area contributed by atoms with Gasteiger partial charge in [0.25, 0.3) is 0 Å². The van der Waals surface area contributed by atoms with Gasteiger partial charge in [-0.05, 0) is 37.1 Å². The van der Waals surface area contributed by atoms with Crippen LogP contribution in [0.1, 0.15) is 30.4 Å². The zero-order valence-electron chi connectivity index (χ0n) is 17.8. The molecule has 0 atom stereocenters. The lowest BCUT2D eigenvalue weighted by Gasteiger charge is -2.20. The molecular weight excluding hydrogens is 382 g/mol. The molecule has 1 aromatic heterocycles. The number of anilines is 2. The second-order valence-electron chi connectivity index (χ2n) is 7.37. The molecule has 1 fully saturated rings. The number of benzene rings is 1. The van der Waals surface area contributed by atoms with E-state index in [9.17, 15) is 4.79 Å². The number of amides is 1. The lowest BCUT2D eigenvalue weighted by Crippen LogP contribution is -2.23. The molecule has 1 saturated heterocycles. The molecule has 30 heavy (non-hydrogen) atoms. The predicted molar refractivity (Wildman–Crippen MR) is 117 cm³/mol. The van der Waals surface area contributed by atoms with E-state index in [4.69, 9.17) is 9.47 Å². The Kier molecular flexibility index (Phi) is 8.41. The standard InChI is InChI=1S/C22H31N5O3/c1-23-20-14-24-22(30-13-5-12-29-2)25-21(20)27(17-28)16-19-8-6-18(7-9-19)15-26-10-3-4-11-26/h6-9,14,17,23H,3-5,10-13,15-16H2,1-2H3. The van der Waals surface area contributed by atoms with Gasteiger partial charge in [-0.25, -0.2) is 4.98 Å². The second-order valence-corrected chi connectivity index (χ2v) is 7.37. The first-order chi connectivity index (χ1) is 14.7. The van der Waals surface area contributed by atoms with E-state index in [1.54, 1.807) is 25.3 Å². The Morgan fingerprint density at radius 2 is 1.90 bits per heavy atom. The molecule has 1 amide bonds. The number of methoxy groups -OCH3 is 1. The molecular formula is C22H31N5O3. The summed E-state index contributed by atoms with van der Waals surface area (Å²) in [5.74, 6) is 0.491. The minimum Gasteiger partial charge on any atom is -0.463 e. The molecule has 2 aromatic rings. The highest BCUT2D eigenvalue weighted by atomic mass is 16.5. The van der Waals surface area contributed by atoms with Gasteiger partial charge in [0.1, 0.15) is 0 Å². The van der Waals surface area contributed by atoms with Gasteiger partial charge in [0.15, 0.2) is 5.82 Å². The van der Waals surface area contributed by atoms with Crippen molar-refractivity contribution < 1.29 is 14.3 Å². The zero-order valence-corrected chi connectivity index (χ0v) is 17.8. The molecule has 1 aliphatic rings. The highest BCUT2D eigenvalue weighted by molar-refractivity contribution is 5.80. The fourth-order valence-corrected chi connectivity index (χ4v) is 3.50. The van der Waals surface area contributed by atoms with Gasteiger partial charge in [-0.2, -0.15) is 4.98 Å². The van der Waals surface area contributed by atoms with Crippen molar-refractivity contribution in [3.05, 3.63) is 41.6 Å². The number of aromatic nitrogens is 2. The van der Waals surface area contributed by atoms with Crippen LogP contribution in [0, 0.1) is 0 Å². The molecule has 0 radical (unpaired) electrons. The lowest BCUT2D eigenvalue weighted by atomic mass is 10.1. The number of hydrogen-bond donors (Lipinski definition) is 1. The smallest absolute Gasteiger partial charge is 0.318 e. The normalized spacial score (nSPS) is 13.9. The molecule has 0 aliphatic carbocycles. The Morgan fingerprint density at radius 3 is 2.57 bits per heavy atom. The van der Waals surface area contributed by atoms with E-state index in [0.29, 0.717) is 31.3 Å². The van der Waals surface area contributed by atoms with E-state index >= 15 is 0 Å². The topological polar surface area (TPSA) is 79.8 Å². The molecule has 2 heterocycles. The predicted octanol–water partition coefficient (Wildman–Crippen LogP) is 2.69. The van der Waals surface area contributed by atoms with Crippen molar-refractivity contribution in [1.82, 2.24) is 14.9 Å². The van der Waals surface area contributed by atoms with E-state index < -0.39 is 0 Å². The third kappa shape index (κ3) is 6.14. The van der Waals surface area contributed by atoms with Gasteiger partial charge in [0.2, 0.25) is 6.41 Å². The number of rotatable bonds is 12. The van der Waals surface area contributed by atoms with Gasteiger partial charge >= 0.3 is 6.01 Å². The molecule has 1 aliphatic heterocycles. The molecule has 0 spiro atoms. The summed E-state index contributed by atoms with van der Waals surface area (Å²) in [5.41, 5.74) is 3.00. The number of carbonyl (C=O) groups excluding carboxylic acids is 1. The molecule has 1 N–H and O–H groups in total. The van der Waals surface area contributed by atoms with E-state index in [1.165, 1.54) is 31.5 Å². The van der Waals surface area contributed by atoms with E-state index in [0.717, 1.165) is 24.9 Å². The van der Waals surface area contributed by atoms with E-state index in [1.807, 2.05) is 0 Å². The summed E-state index contributed by atoms with van der Waals surface area (Å²) in [6, 6.07) is 8.67. The average molecular weight is 414 g/mol. The molecule has 8 heteroatoms. The third-order valence-corrected chi connectivity index (χ3v) is 5.12. The molecule has 3 rings (SSSR count). The fraction of sp³-hybridized carbons (Fsp3) is 0.500. The first kappa shape index (κ1) is 22.0. The number of likely N-dealkylation sites (tertiary alicyclic amines) is 1. The summed E-state index contributed by atoms with van der Waals surface area (Å²) in [5, 5.41) is 3.04. The monoisotopic (exact) mass is 413 g/mol. The SMILES string of the molecule is CNc1cnc(OCCCOC)nc1N(C=O)Cc1ccc(CN2CCCC2)cc1. The van der Waals surface area contributed by atoms with Gasteiger partial charge in [-0.3, -0.25) is 14.6 Å². The largest absolute Gasteiger partial charge is 0.463 e. The van der Waals surface area contributed by atoms with Crippen LogP contribution < -0.4 is 15.0 Å². The summed E-state index contributed by atoms with van der Waals surface area (Å²) >= 11 is 0. The van der Waals surface area contributed by atoms with Gasteiger partial charge in [-0.1, -0.05) is 24.3 Å². The number of carbonyl (C=O) groups is 1. The summed E-state index contributed by atoms with van der Waals surface area (Å²) < 4.78 is 10.6. The van der Waals surface area contributed by atoms with Crippen LogP contribution in [0.15, 0.2) is 30.5 Å². The minimum absolute atomic E-state index is 0.243. The minimum atomic E-state index is 0.243. The van der Waals surface area contributed by atoms with E-state index in [2.05, 4.69) is 44.5 Å². The quantitative estimate of drug-likeness (QED) is 0.423. The lowest BCUT2D eigenvalue weighted by molar-refractivity contribution is -0.107. The maximum atomic E-state index is 11.9. The summed E-state index contributed by atoms with van der Waals surface area (Å²) in [4.78, 5) is 24.5. The Hall–Kier alpha value is -2.71. The van der Waals surface area contributed by atoms with Crippen LogP contribution in [0.4, 0.5) is 11.5 Å². The number of ether oxygens (including phenoxy) is 2. The van der Waals surface area contributed by atoms with Crippen molar-refractivity contribution in [2.45, 2.75) is 32.4 Å². The van der Waals surface area contributed by atoms with Crippen LogP contribution in [0.25, 0.3) is 0 Å². The van der Waals surface area contributed by atoms with Crippen molar-refractivity contribution in [2.75, 3.05) is 50.7 Å². The highest BCUT2D eigenvalue weighted by Gasteiger charge is 2.16. The van der Waals surface area contributed by atoms with Crippen molar-refractivity contribution >= 4 is 17.9 Å². The van der Waals surface area contributed by atoms with Crippen LogP contribution in [-0.4, -0.2) is 61.7 Å². The van der Waals surface area contributed by atoms with Crippen LogP contribution >= 0.6 is 0 Å². The molecule has 162 valence electrons. The van der Waals surface area contributed by atoms with Crippen LogP contribution in [0.2, 0.25) is 0 Å². The van der Waals surface area contributed by atoms with Gasteiger partial charge in [0, 0.05) is 33.7 Å². The van der Waals surface area contributed by atoms with Crippen LogP contribution in [0.3, 0.4) is 0 Å². The van der Waals surface area contributed by atoms with Crippen LogP contribution in [0.5, 0.6) is 6.01 Å². The van der Waals surface area contributed by atoms with E-state index in [-0.39, 0.29) is 6.01 Å². The number of nitrogens with zero attached hydrogens (tertiary/aromatic N) is 4. The molecule has 1 aromatic carbocycles. The second kappa shape index (κ2) is 11.5. The van der Waals surface area contributed by atoms with Crippen molar-refractivity contribution in [1.29, 1.82) is 0 Å². The molecule has 8 nitrogen and oxygen atoms in total. The Labute approximate surface area is 178 Å². The maximum Gasteiger partial charge on any atom is 0.318 e. The summed E-state index contributed by atoms with van der Waals surface area (Å²) in [6.07, 6.45) is 5.73. The fourth-order valence-electron chi connectivity index (χ4n) is 3.50. The first-order valence-electron chi connectivity index (χ1n) is 10.4. The zero-order chi connectivity index (χ0) is 21.2. The molecule has 0 saturated carbocycles. The summed E-state index contributed by atoms with van der Waals surface area (Å²) in [6.45, 7) is 4.81. The van der Waals surface area contributed by atoms with Crippen molar-refractivity contribution in [3.63, 3.8) is 0 Å². The number of nitrogens with one attached hydrogen (secondary N) is 1. The average Bonchev–Trinajstić information content (AvgIpc) is 3.29.